The van der Waals surface area contributed by atoms with Gasteiger partial charge in [0.25, 0.3) is 5.91 Å². The smallest absolute Gasteiger partial charge is 0.257 e. The van der Waals surface area contributed by atoms with E-state index in [-0.39, 0.29) is 11.7 Å². The van der Waals surface area contributed by atoms with Crippen molar-refractivity contribution in [2.75, 3.05) is 14.1 Å². The van der Waals surface area contributed by atoms with Gasteiger partial charge in [-0.1, -0.05) is 0 Å². The van der Waals surface area contributed by atoms with Gasteiger partial charge in [0.2, 0.25) is 0 Å². The monoisotopic (exact) mass is 185 g/mol. The summed E-state index contributed by atoms with van der Waals surface area (Å²) in [7, 11) is 3.32. The lowest BCUT2D eigenvalue weighted by Crippen LogP contribution is -2.21. The molecule has 1 amide bonds. The Balaban J connectivity index is 3.04. The predicted octanol–water partition coefficient (Wildman–Crippen LogP) is 1.46. The van der Waals surface area contributed by atoms with Gasteiger partial charge in [-0.2, -0.15) is 0 Å². The molecule has 1 N–H and O–H groups in total. The van der Waals surface area contributed by atoms with Crippen LogP contribution in [0, 0.1) is 6.92 Å². The molecular formula is C8H11NO2S. The second-order valence-electron chi connectivity index (χ2n) is 2.75. The first-order chi connectivity index (χ1) is 5.54. The predicted molar refractivity (Wildman–Crippen MR) is 48.7 cm³/mol. The quantitative estimate of drug-likeness (QED) is 0.719. The Bertz CT molecular complexity index is 304. The number of hydrogen-bond donors (Lipinski definition) is 1. The highest BCUT2D eigenvalue weighted by Gasteiger charge is 2.15. The summed E-state index contributed by atoms with van der Waals surface area (Å²) in [5.41, 5.74) is 0.391. The van der Waals surface area contributed by atoms with Crippen molar-refractivity contribution < 1.29 is 9.90 Å². The van der Waals surface area contributed by atoms with E-state index >= 15 is 0 Å². The Hall–Kier alpha value is -1.03. The van der Waals surface area contributed by atoms with Crippen molar-refractivity contribution in [1.29, 1.82) is 0 Å². The maximum absolute atomic E-state index is 11.4. The third-order valence-electron chi connectivity index (χ3n) is 1.58. The number of nitrogens with zero attached hydrogens (tertiary/aromatic N) is 1. The Morgan fingerprint density at radius 1 is 1.58 bits per heavy atom. The summed E-state index contributed by atoms with van der Waals surface area (Å²) in [6, 6.07) is 0. The van der Waals surface area contributed by atoms with Crippen molar-refractivity contribution in [1.82, 2.24) is 4.90 Å². The SMILES string of the molecule is Cc1scc(C(=O)N(C)C)c1O. The van der Waals surface area contributed by atoms with Crippen LogP contribution >= 0.6 is 11.3 Å². The van der Waals surface area contributed by atoms with Crippen LogP contribution in [0.5, 0.6) is 5.75 Å². The highest BCUT2D eigenvalue weighted by Crippen LogP contribution is 2.28. The summed E-state index contributed by atoms with van der Waals surface area (Å²) in [5, 5.41) is 11.1. The summed E-state index contributed by atoms with van der Waals surface area (Å²) >= 11 is 1.38. The lowest BCUT2D eigenvalue weighted by Gasteiger charge is -2.08. The minimum absolute atomic E-state index is 0.110. The van der Waals surface area contributed by atoms with Crippen LogP contribution in [0.3, 0.4) is 0 Å². The van der Waals surface area contributed by atoms with Gasteiger partial charge in [-0.15, -0.1) is 11.3 Å². The fourth-order valence-electron chi connectivity index (χ4n) is 0.841. The van der Waals surface area contributed by atoms with E-state index < -0.39 is 0 Å². The third kappa shape index (κ3) is 1.43. The van der Waals surface area contributed by atoms with E-state index in [1.165, 1.54) is 16.2 Å². The molecule has 0 saturated carbocycles. The molecular weight excluding hydrogens is 174 g/mol. The molecule has 12 heavy (non-hydrogen) atoms. The zero-order chi connectivity index (χ0) is 9.30. The van der Waals surface area contributed by atoms with Gasteiger partial charge in [-0.05, 0) is 6.92 Å². The van der Waals surface area contributed by atoms with Gasteiger partial charge in [0, 0.05) is 24.4 Å². The van der Waals surface area contributed by atoms with Crippen molar-refractivity contribution in [2.45, 2.75) is 6.92 Å². The van der Waals surface area contributed by atoms with E-state index in [0.29, 0.717) is 5.56 Å². The third-order valence-corrected chi connectivity index (χ3v) is 2.48. The lowest BCUT2D eigenvalue weighted by molar-refractivity contribution is 0.0825. The largest absolute Gasteiger partial charge is 0.506 e. The van der Waals surface area contributed by atoms with Crippen molar-refractivity contribution in [3.05, 3.63) is 15.8 Å². The molecule has 3 nitrogen and oxygen atoms in total. The Morgan fingerprint density at radius 2 is 2.17 bits per heavy atom. The second-order valence-corrected chi connectivity index (χ2v) is 3.84. The molecule has 0 spiro atoms. The van der Waals surface area contributed by atoms with E-state index in [1.54, 1.807) is 26.4 Å². The van der Waals surface area contributed by atoms with Gasteiger partial charge in [0.1, 0.15) is 5.75 Å². The van der Waals surface area contributed by atoms with Crippen LogP contribution in [0.1, 0.15) is 15.2 Å². The fraction of sp³-hybridized carbons (Fsp3) is 0.375. The maximum Gasteiger partial charge on any atom is 0.257 e. The number of aromatic hydroxyl groups is 1. The molecule has 1 heterocycles. The van der Waals surface area contributed by atoms with Gasteiger partial charge in [0.15, 0.2) is 0 Å². The van der Waals surface area contributed by atoms with Gasteiger partial charge < -0.3 is 10.0 Å². The van der Waals surface area contributed by atoms with Crippen LogP contribution in [0.4, 0.5) is 0 Å². The molecule has 0 unspecified atom stereocenters. The van der Waals surface area contributed by atoms with E-state index in [0.717, 1.165) is 4.88 Å². The average Bonchev–Trinajstić information content (AvgIpc) is 2.32. The summed E-state index contributed by atoms with van der Waals surface area (Å²) in [5.74, 6) is -0.0458. The molecule has 4 heteroatoms. The zero-order valence-electron chi connectivity index (χ0n) is 7.29. The number of hydrogen-bond acceptors (Lipinski definition) is 3. The Morgan fingerprint density at radius 3 is 2.50 bits per heavy atom. The normalized spacial score (nSPS) is 9.92. The van der Waals surface area contributed by atoms with Crippen LogP contribution in [0.25, 0.3) is 0 Å². The molecule has 0 radical (unpaired) electrons. The highest BCUT2D eigenvalue weighted by molar-refractivity contribution is 7.10. The highest BCUT2D eigenvalue weighted by atomic mass is 32.1. The molecule has 1 aromatic heterocycles. The molecule has 0 fully saturated rings. The fourth-order valence-corrected chi connectivity index (χ4v) is 1.57. The summed E-state index contributed by atoms with van der Waals surface area (Å²) in [6.45, 7) is 1.78. The molecule has 0 aliphatic carbocycles. The molecule has 0 atom stereocenters. The first kappa shape index (κ1) is 9.06. The average molecular weight is 185 g/mol. The number of amides is 1. The standard InChI is InChI=1S/C8H11NO2S/c1-5-7(10)6(4-12-5)8(11)9(2)3/h4,10H,1-3H3. The molecule has 0 aliphatic heterocycles. The first-order valence-corrected chi connectivity index (χ1v) is 4.40. The van der Waals surface area contributed by atoms with Crippen LogP contribution < -0.4 is 0 Å². The van der Waals surface area contributed by atoms with Crippen molar-refractivity contribution >= 4 is 17.2 Å². The van der Waals surface area contributed by atoms with Crippen molar-refractivity contribution in [3.63, 3.8) is 0 Å². The number of aryl methyl sites for hydroxylation is 1. The van der Waals surface area contributed by atoms with E-state index in [4.69, 9.17) is 0 Å². The summed E-state index contributed by atoms with van der Waals surface area (Å²) in [4.78, 5) is 13.6. The molecule has 0 aliphatic rings. The van der Waals surface area contributed by atoms with Crippen LogP contribution in [0.2, 0.25) is 0 Å². The topological polar surface area (TPSA) is 40.5 Å². The summed E-state index contributed by atoms with van der Waals surface area (Å²) in [6.07, 6.45) is 0. The molecule has 0 saturated heterocycles. The van der Waals surface area contributed by atoms with Gasteiger partial charge >= 0.3 is 0 Å². The van der Waals surface area contributed by atoms with Crippen LogP contribution in [-0.4, -0.2) is 30.0 Å². The Labute approximate surface area is 75.2 Å². The number of carbonyl (C=O) groups is 1. The van der Waals surface area contributed by atoms with Crippen LogP contribution in [0.15, 0.2) is 5.38 Å². The second kappa shape index (κ2) is 3.15. The zero-order valence-corrected chi connectivity index (χ0v) is 8.10. The first-order valence-electron chi connectivity index (χ1n) is 3.52. The van der Waals surface area contributed by atoms with Crippen molar-refractivity contribution in [3.8, 4) is 5.75 Å². The van der Waals surface area contributed by atoms with E-state index in [9.17, 15) is 9.90 Å². The lowest BCUT2D eigenvalue weighted by atomic mass is 10.2. The van der Waals surface area contributed by atoms with E-state index in [1.807, 2.05) is 0 Å². The van der Waals surface area contributed by atoms with Crippen molar-refractivity contribution in [2.24, 2.45) is 0 Å². The van der Waals surface area contributed by atoms with Crippen LogP contribution in [-0.2, 0) is 0 Å². The Kier molecular flexibility index (Phi) is 2.38. The summed E-state index contributed by atoms with van der Waals surface area (Å²) < 4.78 is 0. The molecule has 66 valence electrons. The van der Waals surface area contributed by atoms with Gasteiger partial charge in [-0.3, -0.25) is 4.79 Å². The molecule has 1 aromatic rings. The minimum atomic E-state index is -0.156. The molecule has 0 bridgehead atoms. The number of carbonyl (C=O) groups excluding carboxylic acids is 1. The minimum Gasteiger partial charge on any atom is -0.506 e. The molecule has 0 aromatic carbocycles. The maximum atomic E-state index is 11.4. The number of rotatable bonds is 1. The van der Waals surface area contributed by atoms with Gasteiger partial charge in [-0.25, -0.2) is 0 Å². The number of thiophene rings is 1. The van der Waals surface area contributed by atoms with E-state index in [2.05, 4.69) is 0 Å². The van der Waals surface area contributed by atoms with Gasteiger partial charge in [0.05, 0.1) is 5.56 Å². The molecule has 1 rings (SSSR count).